The molecule has 2 rings (SSSR count). The van der Waals surface area contributed by atoms with E-state index in [1.54, 1.807) is 42.6 Å². The predicted molar refractivity (Wildman–Crippen MR) is 84.7 cm³/mol. The topological polar surface area (TPSA) is 65.5 Å². The number of aromatic nitrogens is 1. The lowest BCUT2D eigenvalue weighted by Gasteiger charge is -2.16. The molecular weight excluding hydrogens is 294 g/mol. The number of rotatable bonds is 7. The molecular formula is C18H19NO4. The number of ether oxygens (including phenoxy) is 2. The molecule has 23 heavy (non-hydrogen) atoms. The number of unbranched alkanes of at least 4 members (excludes halogenated alkanes) is 1. The van der Waals surface area contributed by atoms with Crippen LogP contribution in [0.15, 0.2) is 54.9 Å². The van der Waals surface area contributed by atoms with E-state index in [1.807, 2.05) is 13.0 Å². The maximum absolute atomic E-state index is 12.4. The summed E-state index contributed by atoms with van der Waals surface area (Å²) in [6, 6.07) is 12.0. The third-order valence-electron chi connectivity index (χ3n) is 3.15. The van der Waals surface area contributed by atoms with Gasteiger partial charge < -0.3 is 9.47 Å². The van der Waals surface area contributed by atoms with E-state index in [2.05, 4.69) is 4.98 Å². The fourth-order valence-corrected chi connectivity index (χ4v) is 1.95. The molecule has 0 bridgehead atoms. The second kappa shape index (κ2) is 8.68. The molecule has 5 heteroatoms. The summed E-state index contributed by atoms with van der Waals surface area (Å²) in [5.41, 5.74) is 0.485. The molecule has 0 spiro atoms. The molecule has 1 heterocycles. The maximum atomic E-state index is 12.4. The van der Waals surface area contributed by atoms with Crippen LogP contribution in [-0.2, 0) is 14.3 Å². The Morgan fingerprint density at radius 2 is 1.91 bits per heavy atom. The lowest BCUT2D eigenvalue weighted by molar-refractivity contribution is -0.163. The van der Waals surface area contributed by atoms with E-state index < -0.39 is 18.0 Å². The lowest BCUT2D eigenvalue weighted by Crippen LogP contribution is -2.24. The Morgan fingerprint density at radius 3 is 2.57 bits per heavy atom. The summed E-state index contributed by atoms with van der Waals surface area (Å²) in [7, 11) is 0. The number of hydrogen-bond donors (Lipinski definition) is 0. The zero-order valence-corrected chi connectivity index (χ0v) is 13.0. The average Bonchev–Trinajstić information content (AvgIpc) is 2.59. The Bertz CT molecular complexity index is 628. The first-order valence-electron chi connectivity index (χ1n) is 7.57. The van der Waals surface area contributed by atoms with Crippen molar-refractivity contribution in [2.24, 2.45) is 0 Å². The van der Waals surface area contributed by atoms with Crippen LogP contribution < -0.4 is 4.74 Å². The standard InChI is InChI=1S/C18H19NO4/c1-2-3-11-16(20)23-17(14-8-7-12-19-13-14)18(21)22-15-9-5-4-6-10-15/h4-10,12-13,17H,2-3,11H2,1H3. The first-order valence-corrected chi connectivity index (χ1v) is 7.57. The summed E-state index contributed by atoms with van der Waals surface area (Å²) in [5.74, 6) is -0.671. The number of hydrogen-bond acceptors (Lipinski definition) is 5. The van der Waals surface area contributed by atoms with Gasteiger partial charge in [-0.1, -0.05) is 37.6 Å². The highest BCUT2D eigenvalue weighted by Crippen LogP contribution is 2.21. The van der Waals surface area contributed by atoms with Crippen LogP contribution in [0.4, 0.5) is 0 Å². The molecule has 1 aromatic carbocycles. The predicted octanol–water partition coefficient (Wildman–Crippen LogP) is 3.46. The molecule has 0 aliphatic heterocycles. The molecule has 2 aromatic rings. The van der Waals surface area contributed by atoms with Gasteiger partial charge >= 0.3 is 11.9 Å². The Labute approximate surface area is 135 Å². The monoisotopic (exact) mass is 313 g/mol. The quantitative estimate of drug-likeness (QED) is 0.578. The molecule has 0 amide bonds. The van der Waals surface area contributed by atoms with E-state index in [1.165, 1.54) is 6.20 Å². The van der Waals surface area contributed by atoms with Crippen molar-refractivity contribution >= 4 is 11.9 Å². The minimum atomic E-state index is -1.12. The first kappa shape index (κ1) is 16.7. The van der Waals surface area contributed by atoms with Gasteiger partial charge in [0.05, 0.1) is 0 Å². The second-order valence-corrected chi connectivity index (χ2v) is 4.99. The smallest absolute Gasteiger partial charge is 0.357 e. The molecule has 0 radical (unpaired) electrons. The van der Waals surface area contributed by atoms with E-state index in [0.717, 1.165) is 6.42 Å². The number of esters is 2. The van der Waals surface area contributed by atoms with Crippen molar-refractivity contribution in [3.8, 4) is 5.75 Å². The Hall–Kier alpha value is -2.69. The second-order valence-electron chi connectivity index (χ2n) is 4.99. The van der Waals surface area contributed by atoms with E-state index in [0.29, 0.717) is 17.7 Å². The van der Waals surface area contributed by atoms with Gasteiger partial charge in [-0.05, 0) is 24.6 Å². The Morgan fingerprint density at radius 1 is 1.13 bits per heavy atom. The van der Waals surface area contributed by atoms with Crippen molar-refractivity contribution in [2.75, 3.05) is 0 Å². The van der Waals surface area contributed by atoms with E-state index in [-0.39, 0.29) is 6.42 Å². The van der Waals surface area contributed by atoms with Crippen molar-refractivity contribution in [2.45, 2.75) is 32.3 Å². The van der Waals surface area contributed by atoms with Gasteiger partial charge in [0.2, 0.25) is 6.10 Å². The fraction of sp³-hybridized carbons (Fsp3) is 0.278. The van der Waals surface area contributed by atoms with Crippen LogP contribution in [0, 0.1) is 0 Å². The minimum absolute atomic E-state index is 0.270. The number of para-hydroxylation sites is 1. The molecule has 5 nitrogen and oxygen atoms in total. The van der Waals surface area contributed by atoms with E-state index in [9.17, 15) is 9.59 Å². The molecule has 0 fully saturated rings. The van der Waals surface area contributed by atoms with Gasteiger partial charge in [-0.2, -0.15) is 0 Å². The molecule has 1 atom stereocenters. The zero-order chi connectivity index (χ0) is 16.5. The summed E-state index contributed by atoms with van der Waals surface area (Å²) in [6.07, 6.45) is 3.82. The number of pyridine rings is 1. The normalized spacial score (nSPS) is 11.5. The van der Waals surface area contributed by atoms with Crippen LogP contribution in [0.3, 0.4) is 0 Å². The molecule has 0 aliphatic rings. The molecule has 0 N–H and O–H groups in total. The van der Waals surface area contributed by atoms with E-state index >= 15 is 0 Å². The summed E-state index contributed by atoms with van der Waals surface area (Å²) in [4.78, 5) is 28.3. The van der Waals surface area contributed by atoms with Gasteiger partial charge in [-0.3, -0.25) is 9.78 Å². The highest BCUT2D eigenvalue weighted by Gasteiger charge is 2.27. The van der Waals surface area contributed by atoms with Crippen LogP contribution >= 0.6 is 0 Å². The minimum Gasteiger partial charge on any atom is -0.445 e. The third kappa shape index (κ3) is 5.21. The van der Waals surface area contributed by atoms with Crippen LogP contribution in [0.1, 0.15) is 37.9 Å². The molecule has 1 aromatic heterocycles. The Balaban J connectivity index is 2.12. The van der Waals surface area contributed by atoms with Crippen LogP contribution in [0.2, 0.25) is 0 Å². The lowest BCUT2D eigenvalue weighted by atomic mass is 10.1. The van der Waals surface area contributed by atoms with Gasteiger partial charge in [-0.25, -0.2) is 4.79 Å². The maximum Gasteiger partial charge on any atom is 0.357 e. The Kier molecular flexibility index (Phi) is 6.29. The molecule has 1 unspecified atom stereocenters. The highest BCUT2D eigenvalue weighted by atomic mass is 16.6. The van der Waals surface area contributed by atoms with Gasteiger partial charge in [-0.15, -0.1) is 0 Å². The molecule has 0 aliphatic carbocycles. The fourth-order valence-electron chi connectivity index (χ4n) is 1.95. The summed E-state index contributed by atoms with van der Waals surface area (Å²) in [6.45, 7) is 1.98. The molecule has 120 valence electrons. The number of carbonyl (C=O) groups excluding carboxylic acids is 2. The van der Waals surface area contributed by atoms with Crippen molar-refractivity contribution in [1.82, 2.24) is 4.98 Å². The van der Waals surface area contributed by atoms with Gasteiger partial charge in [0.25, 0.3) is 0 Å². The van der Waals surface area contributed by atoms with Crippen molar-refractivity contribution < 1.29 is 19.1 Å². The molecule has 0 saturated heterocycles. The van der Waals surface area contributed by atoms with Gasteiger partial charge in [0, 0.05) is 24.4 Å². The zero-order valence-electron chi connectivity index (χ0n) is 13.0. The highest BCUT2D eigenvalue weighted by molar-refractivity contribution is 5.82. The number of nitrogens with zero attached hydrogens (tertiary/aromatic N) is 1. The van der Waals surface area contributed by atoms with Gasteiger partial charge in [0.15, 0.2) is 0 Å². The summed E-state index contributed by atoms with van der Waals surface area (Å²) in [5, 5.41) is 0. The van der Waals surface area contributed by atoms with E-state index in [4.69, 9.17) is 9.47 Å². The summed E-state index contributed by atoms with van der Waals surface area (Å²) < 4.78 is 10.6. The third-order valence-corrected chi connectivity index (χ3v) is 3.15. The van der Waals surface area contributed by atoms with Crippen molar-refractivity contribution in [3.05, 3.63) is 60.4 Å². The van der Waals surface area contributed by atoms with Crippen LogP contribution in [0.5, 0.6) is 5.75 Å². The SMILES string of the molecule is CCCCC(=O)OC(C(=O)Oc1ccccc1)c1cccnc1. The van der Waals surface area contributed by atoms with Crippen molar-refractivity contribution in [3.63, 3.8) is 0 Å². The first-order chi connectivity index (χ1) is 11.2. The number of benzene rings is 1. The van der Waals surface area contributed by atoms with Crippen LogP contribution in [-0.4, -0.2) is 16.9 Å². The summed E-state index contributed by atoms with van der Waals surface area (Å²) >= 11 is 0. The van der Waals surface area contributed by atoms with Crippen molar-refractivity contribution in [1.29, 1.82) is 0 Å². The average molecular weight is 313 g/mol. The number of carbonyl (C=O) groups is 2. The van der Waals surface area contributed by atoms with Crippen LogP contribution in [0.25, 0.3) is 0 Å². The molecule has 0 saturated carbocycles. The van der Waals surface area contributed by atoms with Gasteiger partial charge in [0.1, 0.15) is 5.75 Å². The largest absolute Gasteiger partial charge is 0.445 e.